The molecule has 0 aliphatic carbocycles. The number of rotatable bonds is 5. The standard InChI is InChI=1S/C14H14ClFN2O/c1-2-17-14-6-3-10(8-18-14)9-19-13-5-4-11(16)7-12(13)15/h3-8H,2,9H2,1H3,(H,17,18). The van der Waals surface area contributed by atoms with Crippen LogP contribution in [-0.2, 0) is 6.61 Å². The molecular formula is C14H14ClFN2O. The molecule has 0 spiro atoms. The summed E-state index contributed by atoms with van der Waals surface area (Å²) in [7, 11) is 0. The molecular weight excluding hydrogens is 267 g/mol. The summed E-state index contributed by atoms with van der Waals surface area (Å²) in [5, 5.41) is 3.37. The van der Waals surface area contributed by atoms with E-state index in [1.165, 1.54) is 18.2 Å². The molecule has 0 saturated carbocycles. The van der Waals surface area contributed by atoms with Crippen molar-refractivity contribution in [2.45, 2.75) is 13.5 Å². The van der Waals surface area contributed by atoms with Gasteiger partial charge in [-0.1, -0.05) is 17.7 Å². The molecule has 0 atom stereocenters. The van der Waals surface area contributed by atoms with Crippen LogP contribution in [0.2, 0.25) is 5.02 Å². The minimum atomic E-state index is -0.381. The van der Waals surface area contributed by atoms with E-state index in [-0.39, 0.29) is 10.8 Å². The van der Waals surface area contributed by atoms with Gasteiger partial charge in [0.2, 0.25) is 0 Å². The maximum Gasteiger partial charge on any atom is 0.138 e. The largest absolute Gasteiger partial charge is 0.487 e. The summed E-state index contributed by atoms with van der Waals surface area (Å²) >= 11 is 5.87. The lowest BCUT2D eigenvalue weighted by Crippen LogP contribution is -2.01. The normalized spacial score (nSPS) is 10.3. The van der Waals surface area contributed by atoms with Crippen LogP contribution in [-0.4, -0.2) is 11.5 Å². The van der Waals surface area contributed by atoms with Crippen molar-refractivity contribution in [2.75, 3.05) is 11.9 Å². The second-order valence-electron chi connectivity index (χ2n) is 3.95. The molecule has 5 heteroatoms. The van der Waals surface area contributed by atoms with E-state index in [2.05, 4.69) is 10.3 Å². The maximum absolute atomic E-state index is 12.9. The molecule has 0 saturated heterocycles. The predicted octanol–water partition coefficient (Wildman–Crippen LogP) is 3.88. The lowest BCUT2D eigenvalue weighted by molar-refractivity contribution is 0.305. The van der Waals surface area contributed by atoms with Crippen molar-refractivity contribution >= 4 is 17.4 Å². The molecule has 100 valence electrons. The summed E-state index contributed by atoms with van der Waals surface area (Å²) in [6.45, 7) is 3.17. The highest BCUT2D eigenvalue weighted by molar-refractivity contribution is 6.32. The Morgan fingerprint density at radius 2 is 2.16 bits per heavy atom. The Hall–Kier alpha value is -1.81. The Balaban J connectivity index is 1.98. The van der Waals surface area contributed by atoms with Crippen LogP contribution in [0.25, 0.3) is 0 Å². The zero-order valence-electron chi connectivity index (χ0n) is 10.5. The zero-order chi connectivity index (χ0) is 13.7. The number of hydrogen-bond donors (Lipinski definition) is 1. The molecule has 0 aliphatic rings. The Kier molecular flexibility index (Phi) is 4.58. The molecule has 0 fully saturated rings. The fraction of sp³-hybridized carbons (Fsp3) is 0.214. The highest BCUT2D eigenvalue weighted by Crippen LogP contribution is 2.25. The van der Waals surface area contributed by atoms with Crippen LogP contribution < -0.4 is 10.1 Å². The number of nitrogens with zero attached hydrogens (tertiary/aromatic N) is 1. The molecule has 0 aliphatic heterocycles. The molecule has 19 heavy (non-hydrogen) atoms. The van der Waals surface area contributed by atoms with E-state index in [1.54, 1.807) is 6.20 Å². The van der Waals surface area contributed by atoms with Crippen LogP contribution in [0.4, 0.5) is 10.2 Å². The molecule has 0 unspecified atom stereocenters. The van der Waals surface area contributed by atoms with Gasteiger partial charge in [0.05, 0.1) is 5.02 Å². The average Bonchev–Trinajstić information content (AvgIpc) is 2.40. The molecule has 1 aromatic heterocycles. The zero-order valence-corrected chi connectivity index (χ0v) is 11.2. The molecule has 2 rings (SSSR count). The van der Waals surface area contributed by atoms with Crippen molar-refractivity contribution in [1.82, 2.24) is 4.98 Å². The number of ether oxygens (including phenoxy) is 1. The second kappa shape index (κ2) is 6.38. The summed E-state index contributed by atoms with van der Waals surface area (Å²) in [4.78, 5) is 4.23. The third kappa shape index (κ3) is 3.83. The Morgan fingerprint density at radius 1 is 1.32 bits per heavy atom. The SMILES string of the molecule is CCNc1ccc(COc2ccc(F)cc2Cl)cn1. The highest BCUT2D eigenvalue weighted by atomic mass is 35.5. The first-order valence-corrected chi connectivity index (χ1v) is 6.33. The summed E-state index contributed by atoms with van der Waals surface area (Å²) < 4.78 is 18.4. The number of aromatic nitrogens is 1. The van der Waals surface area contributed by atoms with E-state index in [0.717, 1.165) is 17.9 Å². The predicted molar refractivity (Wildman–Crippen MR) is 74.1 cm³/mol. The van der Waals surface area contributed by atoms with Gasteiger partial charge in [-0.2, -0.15) is 0 Å². The van der Waals surface area contributed by atoms with Crippen molar-refractivity contribution in [1.29, 1.82) is 0 Å². The van der Waals surface area contributed by atoms with Crippen LogP contribution in [0.1, 0.15) is 12.5 Å². The van der Waals surface area contributed by atoms with E-state index >= 15 is 0 Å². The number of halogens is 2. The third-order valence-corrected chi connectivity index (χ3v) is 2.77. The molecule has 0 radical (unpaired) electrons. The Labute approximate surface area is 116 Å². The minimum Gasteiger partial charge on any atom is -0.487 e. The fourth-order valence-corrected chi connectivity index (χ4v) is 1.77. The van der Waals surface area contributed by atoms with Gasteiger partial charge in [0, 0.05) is 18.3 Å². The van der Waals surface area contributed by atoms with E-state index in [9.17, 15) is 4.39 Å². The first kappa shape index (κ1) is 13.6. The van der Waals surface area contributed by atoms with Crippen LogP contribution in [0, 0.1) is 5.82 Å². The Bertz CT molecular complexity index is 546. The van der Waals surface area contributed by atoms with Crippen LogP contribution in [0.5, 0.6) is 5.75 Å². The fourth-order valence-electron chi connectivity index (χ4n) is 1.55. The molecule has 1 heterocycles. The van der Waals surface area contributed by atoms with Crippen molar-refractivity contribution in [2.24, 2.45) is 0 Å². The number of pyridine rings is 1. The van der Waals surface area contributed by atoms with Crippen LogP contribution in [0.15, 0.2) is 36.5 Å². The number of nitrogens with one attached hydrogen (secondary N) is 1. The van der Waals surface area contributed by atoms with Gasteiger partial charge in [0.1, 0.15) is 24.0 Å². The smallest absolute Gasteiger partial charge is 0.138 e. The quantitative estimate of drug-likeness (QED) is 0.902. The molecule has 1 aromatic carbocycles. The van der Waals surface area contributed by atoms with Gasteiger partial charge in [-0.05, 0) is 31.2 Å². The lowest BCUT2D eigenvalue weighted by atomic mass is 10.3. The van der Waals surface area contributed by atoms with E-state index in [0.29, 0.717) is 12.4 Å². The molecule has 2 aromatic rings. The number of anilines is 1. The van der Waals surface area contributed by atoms with Crippen LogP contribution >= 0.6 is 11.6 Å². The summed E-state index contributed by atoms with van der Waals surface area (Å²) in [6, 6.07) is 7.85. The average molecular weight is 281 g/mol. The van der Waals surface area contributed by atoms with Gasteiger partial charge in [0.15, 0.2) is 0 Å². The Morgan fingerprint density at radius 3 is 2.79 bits per heavy atom. The van der Waals surface area contributed by atoms with Crippen molar-refractivity contribution < 1.29 is 9.13 Å². The molecule has 0 bridgehead atoms. The maximum atomic E-state index is 12.9. The molecule has 0 amide bonds. The van der Waals surface area contributed by atoms with Gasteiger partial charge in [0.25, 0.3) is 0 Å². The number of hydrogen-bond acceptors (Lipinski definition) is 3. The van der Waals surface area contributed by atoms with Crippen LogP contribution in [0.3, 0.4) is 0 Å². The summed E-state index contributed by atoms with van der Waals surface area (Å²) in [5.74, 6) is 0.902. The van der Waals surface area contributed by atoms with Gasteiger partial charge in [-0.15, -0.1) is 0 Å². The van der Waals surface area contributed by atoms with Gasteiger partial charge in [-0.25, -0.2) is 9.37 Å². The van der Waals surface area contributed by atoms with E-state index in [4.69, 9.17) is 16.3 Å². The highest BCUT2D eigenvalue weighted by Gasteiger charge is 2.03. The topological polar surface area (TPSA) is 34.1 Å². The monoisotopic (exact) mass is 280 g/mol. The van der Waals surface area contributed by atoms with Crippen molar-refractivity contribution in [3.8, 4) is 5.75 Å². The number of benzene rings is 1. The van der Waals surface area contributed by atoms with Gasteiger partial charge in [-0.3, -0.25) is 0 Å². The minimum absolute atomic E-state index is 0.261. The third-order valence-electron chi connectivity index (χ3n) is 2.47. The second-order valence-corrected chi connectivity index (χ2v) is 4.35. The first-order chi connectivity index (χ1) is 9.19. The van der Waals surface area contributed by atoms with E-state index in [1.807, 2.05) is 19.1 Å². The summed E-state index contributed by atoms with van der Waals surface area (Å²) in [6.07, 6.45) is 1.73. The lowest BCUT2D eigenvalue weighted by Gasteiger charge is -2.08. The first-order valence-electron chi connectivity index (χ1n) is 5.95. The molecule has 3 nitrogen and oxygen atoms in total. The van der Waals surface area contributed by atoms with Crippen molar-refractivity contribution in [3.63, 3.8) is 0 Å². The molecule has 1 N–H and O–H groups in total. The van der Waals surface area contributed by atoms with Gasteiger partial charge < -0.3 is 10.1 Å². The summed E-state index contributed by atoms with van der Waals surface area (Å²) in [5.41, 5.74) is 0.919. The van der Waals surface area contributed by atoms with Crippen molar-refractivity contribution in [3.05, 3.63) is 52.9 Å². The van der Waals surface area contributed by atoms with E-state index < -0.39 is 0 Å². The van der Waals surface area contributed by atoms with Gasteiger partial charge >= 0.3 is 0 Å².